The number of dihydropyridines is 1. The molecule has 3 aromatic carbocycles. The van der Waals surface area contributed by atoms with Gasteiger partial charge in [0.05, 0.1) is 26.4 Å². The molecule has 5 nitrogen and oxygen atoms in total. The number of hydrogen-bond acceptors (Lipinski definition) is 5. The number of nitrogens with one attached hydrogen (secondary N) is 1. The van der Waals surface area contributed by atoms with Gasteiger partial charge < -0.3 is 14.8 Å². The first-order valence-corrected chi connectivity index (χ1v) is 13.3. The van der Waals surface area contributed by atoms with Crippen LogP contribution in [0, 0.1) is 10.5 Å². The summed E-state index contributed by atoms with van der Waals surface area (Å²) in [6.45, 7) is 4.32. The highest BCUT2D eigenvalue weighted by Crippen LogP contribution is 2.48. The van der Waals surface area contributed by atoms with Gasteiger partial charge in [-0.25, -0.2) is 4.79 Å². The van der Waals surface area contributed by atoms with E-state index >= 15 is 0 Å². The van der Waals surface area contributed by atoms with E-state index in [0.29, 0.717) is 34.8 Å². The molecular weight excluding hydrogens is 633 g/mol. The predicted octanol–water partition coefficient (Wildman–Crippen LogP) is 6.68. The number of carbonyl (C=O) groups is 2. The molecule has 0 bridgehead atoms. The lowest BCUT2D eigenvalue weighted by Crippen LogP contribution is -2.29. The number of Topliss-reactive ketones (excluding diaryl/α,β-unsaturated/α-hetero) is 1. The van der Waals surface area contributed by atoms with Crippen LogP contribution in [0.3, 0.4) is 0 Å². The topological polar surface area (TPSA) is 64.6 Å². The van der Waals surface area contributed by atoms with E-state index in [0.717, 1.165) is 30.4 Å². The van der Waals surface area contributed by atoms with Crippen molar-refractivity contribution in [1.82, 2.24) is 5.32 Å². The normalized spacial score (nSPS) is 16.5. The summed E-state index contributed by atoms with van der Waals surface area (Å²) in [5.41, 5.74) is 6.93. The number of benzene rings is 3. The SMILES string of the molecule is COC(=O)C1=C(C)NC2=C(C(=O)c3ccccc32)[C@@H]1c1cc(Br)c(OCc2cccc(C)c2)c(I)c1. The number of esters is 1. The zero-order valence-electron chi connectivity index (χ0n) is 19.9. The third-order valence-electron chi connectivity index (χ3n) is 6.47. The quantitative estimate of drug-likeness (QED) is 0.245. The fraction of sp³-hybridized carbons (Fsp3) is 0.172. The first-order chi connectivity index (χ1) is 17.3. The lowest BCUT2D eigenvalue weighted by molar-refractivity contribution is -0.136. The van der Waals surface area contributed by atoms with Gasteiger partial charge in [0.25, 0.3) is 0 Å². The molecule has 0 saturated heterocycles. The summed E-state index contributed by atoms with van der Waals surface area (Å²) in [5, 5.41) is 3.31. The number of aryl methyl sites for hydroxylation is 1. The first kappa shape index (κ1) is 24.8. The highest BCUT2D eigenvalue weighted by atomic mass is 127. The molecule has 5 rings (SSSR count). The summed E-state index contributed by atoms with van der Waals surface area (Å²) >= 11 is 5.92. The van der Waals surface area contributed by atoms with Crippen LogP contribution in [0.4, 0.5) is 0 Å². The average Bonchev–Trinajstić information content (AvgIpc) is 3.13. The van der Waals surface area contributed by atoms with Crippen LogP contribution < -0.4 is 10.1 Å². The average molecular weight is 656 g/mol. The molecule has 1 N–H and O–H groups in total. The maximum absolute atomic E-state index is 13.6. The molecule has 1 aliphatic carbocycles. The monoisotopic (exact) mass is 655 g/mol. The third-order valence-corrected chi connectivity index (χ3v) is 7.86. The maximum atomic E-state index is 13.6. The third kappa shape index (κ3) is 4.28. The summed E-state index contributed by atoms with van der Waals surface area (Å²) in [5.74, 6) is -0.418. The largest absolute Gasteiger partial charge is 0.487 e. The Balaban J connectivity index is 1.58. The van der Waals surface area contributed by atoms with Crippen LogP contribution in [0.15, 0.2) is 82.0 Å². The molecule has 0 spiro atoms. The van der Waals surface area contributed by atoms with Gasteiger partial charge in [-0.1, -0.05) is 54.1 Å². The van der Waals surface area contributed by atoms with Gasteiger partial charge in [-0.15, -0.1) is 0 Å². The van der Waals surface area contributed by atoms with Crippen LogP contribution in [0.2, 0.25) is 0 Å². The van der Waals surface area contributed by atoms with Crippen molar-refractivity contribution in [3.63, 3.8) is 0 Å². The van der Waals surface area contributed by atoms with Gasteiger partial charge in [0.1, 0.15) is 12.4 Å². The van der Waals surface area contributed by atoms with E-state index in [-0.39, 0.29) is 5.78 Å². The van der Waals surface area contributed by atoms with Crippen molar-refractivity contribution >= 4 is 56.0 Å². The molecule has 3 aromatic rings. The molecule has 0 aromatic heterocycles. The van der Waals surface area contributed by atoms with Gasteiger partial charge in [-0.3, -0.25) is 4.79 Å². The molecule has 36 heavy (non-hydrogen) atoms. The molecular formula is C29H23BrINO4. The van der Waals surface area contributed by atoms with E-state index in [4.69, 9.17) is 9.47 Å². The van der Waals surface area contributed by atoms with Gasteiger partial charge in [0.2, 0.25) is 0 Å². The van der Waals surface area contributed by atoms with E-state index in [1.807, 2.05) is 55.5 Å². The van der Waals surface area contributed by atoms with Crippen molar-refractivity contribution in [1.29, 1.82) is 0 Å². The first-order valence-electron chi connectivity index (χ1n) is 11.4. The van der Waals surface area contributed by atoms with Crippen molar-refractivity contribution in [2.75, 3.05) is 7.11 Å². The number of ether oxygens (including phenoxy) is 2. The fourth-order valence-corrected chi connectivity index (χ4v) is 6.65. The summed E-state index contributed by atoms with van der Waals surface area (Å²) in [4.78, 5) is 26.6. The minimum atomic E-state index is -0.579. The molecule has 0 radical (unpaired) electrons. The van der Waals surface area contributed by atoms with Crippen molar-refractivity contribution in [3.8, 4) is 5.75 Å². The number of carbonyl (C=O) groups excluding carboxylic acids is 2. The Morgan fingerprint density at radius 2 is 1.81 bits per heavy atom. The number of fused-ring (bicyclic) bond motifs is 2. The molecule has 2 aliphatic rings. The predicted molar refractivity (Wildman–Crippen MR) is 151 cm³/mol. The Labute approximate surface area is 231 Å². The van der Waals surface area contributed by atoms with E-state index in [1.54, 1.807) is 0 Å². The lowest BCUT2D eigenvalue weighted by atomic mass is 9.80. The lowest BCUT2D eigenvalue weighted by Gasteiger charge is -2.29. The summed E-state index contributed by atoms with van der Waals surface area (Å²) in [6.07, 6.45) is 0. The molecule has 0 fully saturated rings. The molecule has 0 saturated carbocycles. The molecule has 7 heteroatoms. The second-order valence-electron chi connectivity index (χ2n) is 8.84. The number of hydrogen-bond donors (Lipinski definition) is 1. The van der Waals surface area contributed by atoms with Crippen LogP contribution in [0.1, 0.15) is 45.5 Å². The number of allylic oxidation sites excluding steroid dienone is 2. The highest BCUT2D eigenvalue weighted by Gasteiger charge is 2.43. The van der Waals surface area contributed by atoms with Crippen molar-refractivity contribution in [3.05, 3.63) is 113 Å². The molecule has 0 amide bonds. The van der Waals surface area contributed by atoms with E-state index in [1.165, 1.54) is 12.7 Å². The van der Waals surface area contributed by atoms with Crippen LogP contribution in [-0.4, -0.2) is 18.9 Å². The molecule has 1 heterocycles. The number of halogens is 2. The Morgan fingerprint density at radius 3 is 2.50 bits per heavy atom. The fourth-order valence-electron chi connectivity index (χ4n) is 4.88. The molecule has 1 aliphatic heterocycles. The molecule has 1 atom stereocenters. The zero-order chi connectivity index (χ0) is 25.6. The molecule has 182 valence electrons. The van der Waals surface area contributed by atoms with Crippen molar-refractivity contribution in [2.45, 2.75) is 26.4 Å². The standard InChI is InChI=1S/C29H23BrINO4/c1-15-7-6-8-17(11-15)14-36-28-21(30)12-18(13-22(28)31)24-23(29(34)35-3)16(2)32-26-19-9-4-5-10-20(19)27(33)25(24)26/h4-13,24,32H,14H2,1-3H3/t24-/m1/s1. The van der Waals surface area contributed by atoms with E-state index in [2.05, 4.69) is 62.9 Å². The number of methoxy groups -OCH3 is 1. The smallest absolute Gasteiger partial charge is 0.336 e. The maximum Gasteiger partial charge on any atom is 0.336 e. The Bertz CT molecular complexity index is 1470. The number of rotatable bonds is 5. The molecule has 0 unspecified atom stereocenters. The summed E-state index contributed by atoms with van der Waals surface area (Å²) in [6, 6.07) is 19.6. The van der Waals surface area contributed by atoms with Crippen molar-refractivity contribution in [2.24, 2.45) is 0 Å². The van der Waals surface area contributed by atoms with Crippen molar-refractivity contribution < 1.29 is 19.1 Å². The highest BCUT2D eigenvalue weighted by molar-refractivity contribution is 14.1. The van der Waals surface area contributed by atoms with Crippen LogP contribution >= 0.6 is 38.5 Å². The zero-order valence-corrected chi connectivity index (χ0v) is 23.7. The van der Waals surface area contributed by atoms with Gasteiger partial charge >= 0.3 is 5.97 Å². The van der Waals surface area contributed by atoms with Crippen LogP contribution in [0.25, 0.3) is 5.70 Å². The second kappa shape index (κ2) is 9.86. The van der Waals surface area contributed by atoms with Gasteiger partial charge in [0.15, 0.2) is 5.78 Å². The summed E-state index contributed by atoms with van der Waals surface area (Å²) in [7, 11) is 1.36. The van der Waals surface area contributed by atoms with Crippen LogP contribution in [-0.2, 0) is 16.1 Å². The number of ketones is 1. The van der Waals surface area contributed by atoms with Gasteiger partial charge in [-0.2, -0.15) is 0 Å². The van der Waals surface area contributed by atoms with E-state index in [9.17, 15) is 9.59 Å². The Hall–Kier alpha value is -2.91. The Kier molecular flexibility index (Phi) is 6.78. The summed E-state index contributed by atoms with van der Waals surface area (Å²) < 4.78 is 12.9. The van der Waals surface area contributed by atoms with E-state index < -0.39 is 11.9 Å². The Morgan fingerprint density at radius 1 is 1.06 bits per heavy atom. The second-order valence-corrected chi connectivity index (χ2v) is 10.9. The van der Waals surface area contributed by atoms with Gasteiger partial charge in [-0.05, 0) is 75.6 Å². The van der Waals surface area contributed by atoms with Gasteiger partial charge in [0, 0.05) is 28.3 Å². The minimum Gasteiger partial charge on any atom is -0.487 e. The van der Waals surface area contributed by atoms with Crippen LogP contribution in [0.5, 0.6) is 5.75 Å². The minimum absolute atomic E-state index is 0.0853.